The first-order valence-corrected chi connectivity index (χ1v) is 6.28. The number of para-hydroxylation sites is 1. The fourth-order valence-electron chi connectivity index (χ4n) is 1.73. The topological polar surface area (TPSA) is 50.4 Å². The van der Waals surface area contributed by atoms with Gasteiger partial charge in [0.1, 0.15) is 5.75 Å². The highest BCUT2D eigenvalue weighted by atomic mass is 19.4. The Morgan fingerprint density at radius 3 is 2.32 bits per heavy atom. The zero-order chi connectivity index (χ0) is 16.2. The number of alkyl halides is 3. The second-order valence-corrected chi connectivity index (χ2v) is 4.35. The molecule has 0 saturated heterocycles. The van der Waals surface area contributed by atoms with E-state index >= 15 is 0 Å². The Balaban J connectivity index is 2.31. The monoisotopic (exact) mass is 310 g/mol. The number of benzene rings is 2. The minimum atomic E-state index is -4.97. The molecule has 0 spiro atoms. The highest BCUT2D eigenvalue weighted by molar-refractivity contribution is 5.98. The van der Waals surface area contributed by atoms with Gasteiger partial charge in [0.05, 0.1) is 18.5 Å². The van der Waals surface area contributed by atoms with E-state index in [1.807, 2.05) is 11.4 Å². The third kappa shape index (κ3) is 3.91. The van der Waals surface area contributed by atoms with Gasteiger partial charge < -0.3 is 15.4 Å². The van der Waals surface area contributed by atoms with E-state index in [1.165, 1.54) is 19.2 Å². The molecule has 116 valence electrons. The summed E-state index contributed by atoms with van der Waals surface area (Å²) in [5.41, 5.74) is 0.977. The average molecular weight is 310 g/mol. The van der Waals surface area contributed by atoms with Crippen molar-refractivity contribution in [2.45, 2.75) is 6.18 Å². The van der Waals surface area contributed by atoms with Crippen molar-refractivity contribution in [3.8, 4) is 5.75 Å². The van der Waals surface area contributed by atoms with E-state index < -0.39 is 12.1 Å². The maximum absolute atomic E-state index is 12.4. The molecule has 2 rings (SSSR count). The minimum Gasteiger partial charge on any atom is -0.497 e. The molecule has 1 amide bonds. The van der Waals surface area contributed by atoms with E-state index in [2.05, 4.69) is 5.32 Å². The number of hydrogen-bond acceptors (Lipinski definition) is 3. The van der Waals surface area contributed by atoms with E-state index in [1.54, 1.807) is 30.3 Å². The molecule has 0 fully saturated rings. The Bertz CT molecular complexity index is 658. The molecule has 0 atom stereocenters. The fraction of sp³-hybridized carbons (Fsp3) is 0.133. The molecule has 4 nitrogen and oxygen atoms in total. The highest BCUT2D eigenvalue weighted by Crippen LogP contribution is 2.31. The second-order valence-electron chi connectivity index (χ2n) is 4.35. The van der Waals surface area contributed by atoms with Crippen LogP contribution in [0.5, 0.6) is 5.75 Å². The van der Waals surface area contributed by atoms with Gasteiger partial charge in [-0.2, -0.15) is 13.2 Å². The van der Waals surface area contributed by atoms with E-state index in [-0.39, 0.29) is 5.69 Å². The Labute approximate surface area is 124 Å². The van der Waals surface area contributed by atoms with Gasteiger partial charge in [0.15, 0.2) is 0 Å². The van der Waals surface area contributed by atoms with Gasteiger partial charge in [-0.05, 0) is 24.3 Å². The van der Waals surface area contributed by atoms with Gasteiger partial charge in [-0.1, -0.05) is 18.2 Å². The standard InChI is InChI=1S/C15H13F3N2O2/c1-22-11-7-8-12(19-10-5-3-2-4-6-10)13(9-11)20-14(21)15(16,17)18/h2-9,19H,1H3,(H,20,21). The number of carbonyl (C=O) groups excluding carboxylic acids is 1. The molecule has 0 heterocycles. The van der Waals surface area contributed by atoms with Crippen molar-refractivity contribution in [2.75, 3.05) is 17.7 Å². The molecule has 0 saturated carbocycles. The summed E-state index contributed by atoms with van der Waals surface area (Å²) in [6, 6.07) is 13.3. The summed E-state index contributed by atoms with van der Waals surface area (Å²) >= 11 is 0. The van der Waals surface area contributed by atoms with Crippen LogP contribution in [-0.4, -0.2) is 19.2 Å². The van der Waals surface area contributed by atoms with Crippen LogP contribution in [0.2, 0.25) is 0 Å². The number of methoxy groups -OCH3 is 1. The first-order chi connectivity index (χ1) is 10.4. The molecule has 2 N–H and O–H groups in total. The number of carbonyl (C=O) groups is 1. The van der Waals surface area contributed by atoms with Crippen molar-refractivity contribution in [2.24, 2.45) is 0 Å². The molecule has 0 radical (unpaired) electrons. The van der Waals surface area contributed by atoms with Crippen LogP contribution in [0, 0.1) is 0 Å². The van der Waals surface area contributed by atoms with Crippen LogP contribution in [0.3, 0.4) is 0 Å². The second kappa shape index (κ2) is 6.38. The van der Waals surface area contributed by atoms with Gasteiger partial charge >= 0.3 is 12.1 Å². The van der Waals surface area contributed by atoms with Crippen LogP contribution in [-0.2, 0) is 4.79 Å². The molecule has 2 aromatic carbocycles. The summed E-state index contributed by atoms with van der Waals surface area (Å²) in [6.07, 6.45) is -4.97. The number of hydrogen-bond donors (Lipinski definition) is 2. The molecule has 0 unspecified atom stereocenters. The maximum atomic E-state index is 12.4. The summed E-state index contributed by atoms with van der Waals surface area (Å²) < 4.78 is 42.2. The first-order valence-electron chi connectivity index (χ1n) is 6.28. The van der Waals surface area contributed by atoms with Gasteiger partial charge in [-0.15, -0.1) is 0 Å². The number of ether oxygens (including phenoxy) is 1. The lowest BCUT2D eigenvalue weighted by atomic mass is 10.2. The van der Waals surface area contributed by atoms with E-state index in [0.717, 1.165) is 0 Å². The number of amides is 1. The smallest absolute Gasteiger partial charge is 0.471 e. The average Bonchev–Trinajstić information content (AvgIpc) is 2.49. The molecule has 22 heavy (non-hydrogen) atoms. The van der Waals surface area contributed by atoms with Crippen LogP contribution in [0.15, 0.2) is 48.5 Å². The Hall–Kier alpha value is -2.70. The third-order valence-electron chi connectivity index (χ3n) is 2.79. The van der Waals surface area contributed by atoms with Crippen molar-refractivity contribution in [1.82, 2.24) is 0 Å². The predicted molar refractivity (Wildman–Crippen MR) is 77.4 cm³/mol. The fourth-order valence-corrected chi connectivity index (χ4v) is 1.73. The molecule has 0 aliphatic heterocycles. The van der Waals surface area contributed by atoms with Crippen LogP contribution in [0.25, 0.3) is 0 Å². The largest absolute Gasteiger partial charge is 0.497 e. The van der Waals surface area contributed by atoms with Crippen molar-refractivity contribution in [3.63, 3.8) is 0 Å². The molecule has 0 bridgehead atoms. The van der Waals surface area contributed by atoms with Crippen molar-refractivity contribution < 1.29 is 22.7 Å². The summed E-state index contributed by atoms with van der Waals surface area (Å²) in [7, 11) is 1.38. The van der Waals surface area contributed by atoms with E-state index in [9.17, 15) is 18.0 Å². The lowest BCUT2D eigenvalue weighted by Crippen LogP contribution is -2.30. The molecule has 0 aliphatic carbocycles. The van der Waals surface area contributed by atoms with Crippen LogP contribution in [0.4, 0.5) is 30.2 Å². The molecule has 0 aliphatic rings. The summed E-state index contributed by atoms with van der Waals surface area (Å²) in [4.78, 5) is 11.1. The lowest BCUT2D eigenvalue weighted by molar-refractivity contribution is -0.167. The van der Waals surface area contributed by atoms with Crippen molar-refractivity contribution in [3.05, 3.63) is 48.5 Å². The summed E-state index contributed by atoms with van der Waals surface area (Å²) in [5.74, 6) is -1.71. The Morgan fingerprint density at radius 1 is 1.05 bits per heavy atom. The van der Waals surface area contributed by atoms with Gasteiger partial charge in [-0.3, -0.25) is 4.79 Å². The molecular formula is C15H13F3N2O2. The lowest BCUT2D eigenvalue weighted by Gasteiger charge is -2.15. The molecular weight excluding hydrogens is 297 g/mol. The number of rotatable bonds is 4. The first kappa shape index (κ1) is 15.7. The van der Waals surface area contributed by atoms with Crippen molar-refractivity contribution >= 4 is 23.0 Å². The summed E-state index contributed by atoms with van der Waals surface area (Å²) in [5, 5.41) is 4.78. The molecule has 2 aromatic rings. The maximum Gasteiger partial charge on any atom is 0.471 e. The van der Waals surface area contributed by atoms with Gasteiger partial charge in [0.25, 0.3) is 0 Å². The van der Waals surface area contributed by atoms with Crippen LogP contribution in [0.1, 0.15) is 0 Å². The van der Waals surface area contributed by atoms with E-state index in [4.69, 9.17) is 4.74 Å². The van der Waals surface area contributed by atoms with Crippen LogP contribution < -0.4 is 15.4 Å². The zero-order valence-corrected chi connectivity index (χ0v) is 11.6. The quantitative estimate of drug-likeness (QED) is 0.899. The SMILES string of the molecule is COc1ccc(Nc2ccccc2)c(NC(=O)C(F)(F)F)c1. The molecule has 0 aromatic heterocycles. The third-order valence-corrected chi connectivity index (χ3v) is 2.79. The number of nitrogens with one attached hydrogen (secondary N) is 2. The predicted octanol–water partition coefficient (Wildman–Crippen LogP) is 3.94. The minimum absolute atomic E-state index is 0.0227. The van der Waals surface area contributed by atoms with Gasteiger partial charge in [0, 0.05) is 11.8 Å². The summed E-state index contributed by atoms with van der Waals surface area (Å²) in [6.45, 7) is 0. The highest BCUT2D eigenvalue weighted by Gasteiger charge is 2.39. The van der Waals surface area contributed by atoms with Crippen molar-refractivity contribution in [1.29, 1.82) is 0 Å². The molecule has 7 heteroatoms. The Morgan fingerprint density at radius 2 is 1.73 bits per heavy atom. The zero-order valence-electron chi connectivity index (χ0n) is 11.6. The van der Waals surface area contributed by atoms with Crippen LogP contribution >= 0.6 is 0 Å². The van der Waals surface area contributed by atoms with Gasteiger partial charge in [-0.25, -0.2) is 0 Å². The normalized spacial score (nSPS) is 10.9. The Kier molecular flexibility index (Phi) is 4.55. The number of anilines is 3. The number of halogens is 3. The van der Waals surface area contributed by atoms with E-state index in [0.29, 0.717) is 17.1 Å². The van der Waals surface area contributed by atoms with Gasteiger partial charge in [0.2, 0.25) is 0 Å².